The molecule has 0 aliphatic rings. The summed E-state index contributed by atoms with van der Waals surface area (Å²) in [5.74, 6) is 0.329. The predicted octanol–water partition coefficient (Wildman–Crippen LogP) is 1.91. The largest absolute Gasteiger partial charge is 0.452 e. The third kappa shape index (κ3) is 2.17. The first kappa shape index (κ1) is 11.7. The Morgan fingerprint density at radius 3 is 3.05 bits per heavy atom. The standard InChI is InChI=1S/C12H9ClN4O2/c13-11-8(4-6-19-11)12(18)14-7-10-16-15-9-3-1-2-5-17(9)10/h1-6H,7H2,(H,14,18). The molecule has 0 aromatic carbocycles. The minimum absolute atomic E-state index is 0.0728. The summed E-state index contributed by atoms with van der Waals surface area (Å²) in [5.41, 5.74) is 1.03. The number of carbonyl (C=O) groups excluding carboxylic acids is 1. The SMILES string of the molecule is O=C(NCc1nnc2ccccn12)c1ccoc1Cl. The summed E-state index contributed by atoms with van der Waals surface area (Å²) in [4.78, 5) is 11.8. The second-order valence-electron chi connectivity index (χ2n) is 3.84. The van der Waals surface area contributed by atoms with E-state index >= 15 is 0 Å². The van der Waals surface area contributed by atoms with Crippen LogP contribution in [0.1, 0.15) is 16.2 Å². The highest BCUT2D eigenvalue weighted by atomic mass is 35.5. The lowest BCUT2D eigenvalue weighted by atomic mass is 10.3. The van der Waals surface area contributed by atoms with Crippen LogP contribution in [0.2, 0.25) is 5.22 Å². The van der Waals surface area contributed by atoms with Crippen molar-refractivity contribution in [1.82, 2.24) is 19.9 Å². The fourth-order valence-electron chi connectivity index (χ4n) is 1.72. The second-order valence-corrected chi connectivity index (χ2v) is 4.18. The van der Waals surface area contributed by atoms with Gasteiger partial charge in [0.2, 0.25) is 5.22 Å². The van der Waals surface area contributed by atoms with Crippen LogP contribution in [0.25, 0.3) is 5.65 Å². The molecular formula is C12H9ClN4O2. The Labute approximate surface area is 113 Å². The van der Waals surface area contributed by atoms with E-state index in [0.717, 1.165) is 5.65 Å². The van der Waals surface area contributed by atoms with Gasteiger partial charge in [-0.15, -0.1) is 10.2 Å². The number of nitrogens with zero attached hydrogens (tertiary/aromatic N) is 3. The highest BCUT2D eigenvalue weighted by Gasteiger charge is 2.13. The van der Waals surface area contributed by atoms with E-state index in [0.29, 0.717) is 11.4 Å². The predicted molar refractivity (Wildman–Crippen MR) is 67.9 cm³/mol. The van der Waals surface area contributed by atoms with Crippen LogP contribution >= 0.6 is 11.6 Å². The molecule has 0 bridgehead atoms. The van der Waals surface area contributed by atoms with E-state index in [9.17, 15) is 4.79 Å². The quantitative estimate of drug-likeness (QED) is 0.793. The van der Waals surface area contributed by atoms with Crippen LogP contribution in [-0.2, 0) is 6.54 Å². The van der Waals surface area contributed by atoms with Crippen molar-refractivity contribution in [2.24, 2.45) is 0 Å². The first-order chi connectivity index (χ1) is 9.25. The maximum absolute atomic E-state index is 11.8. The number of nitrogens with one attached hydrogen (secondary N) is 1. The Hall–Kier alpha value is -2.34. The van der Waals surface area contributed by atoms with Crippen molar-refractivity contribution in [3.05, 3.63) is 53.3 Å². The zero-order chi connectivity index (χ0) is 13.2. The van der Waals surface area contributed by atoms with E-state index in [1.807, 2.05) is 24.4 Å². The monoisotopic (exact) mass is 276 g/mol. The third-order valence-electron chi connectivity index (χ3n) is 2.65. The van der Waals surface area contributed by atoms with Crippen LogP contribution in [0.4, 0.5) is 0 Å². The van der Waals surface area contributed by atoms with Crippen molar-refractivity contribution >= 4 is 23.2 Å². The summed E-state index contributed by atoms with van der Waals surface area (Å²) >= 11 is 5.73. The highest BCUT2D eigenvalue weighted by molar-refractivity contribution is 6.32. The molecule has 0 saturated heterocycles. The average Bonchev–Trinajstić information content (AvgIpc) is 3.02. The van der Waals surface area contributed by atoms with Crippen LogP contribution in [-0.4, -0.2) is 20.5 Å². The Bertz CT molecular complexity index is 734. The van der Waals surface area contributed by atoms with Gasteiger partial charge in [0.15, 0.2) is 11.5 Å². The zero-order valence-electron chi connectivity index (χ0n) is 9.71. The van der Waals surface area contributed by atoms with Gasteiger partial charge in [0.05, 0.1) is 18.4 Å². The number of amides is 1. The number of halogens is 1. The van der Waals surface area contributed by atoms with Gasteiger partial charge in [0.1, 0.15) is 0 Å². The number of hydrogen-bond donors (Lipinski definition) is 1. The lowest BCUT2D eigenvalue weighted by Crippen LogP contribution is -2.23. The Kier molecular flexibility index (Phi) is 2.92. The molecule has 7 heteroatoms. The number of carbonyl (C=O) groups is 1. The van der Waals surface area contributed by atoms with Crippen molar-refractivity contribution in [2.75, 3.05) is 0 Å². The van der Waals surface area contributed by atoms with Gasteiger partial charge >= 0.3 is 0 Å². The summed E-state index contributed by atoms with van der Waals surface area (Å²) in [5, 5.41) is 10.8. The maximum atomic E-state index is 11.8. The molecule has 0 atom stereocenters. The number of furan rings is 1. The molecule has 3 rings (SSSR count). The number of hydrogen-bond acceptors (Lipinski definition) is 4. The topological polar surface area (TPSA) is 72.4 Å². The smallest absolute Gasteiger partial charge is 0.256 e. The fraction of sp³-hybridized carbons (Fsp3) is 0.0833. The molecule has 3 aromatic rings. The summed E-state index contributed by atoms with van der Waals surface area (Å²) in [7, 11) is 0. The van der Waals surface area contributed by atoms with Crippen molar-refractivity contribution in [2.45, 2.75) is 6.54 Å². The molecule has 0 spiro atoms. The molecule has 0 aliphatic heterocycles. The number of rotatable bonds is 3. The zero-order valence-corrected chi connectivity index (χ0v) is 10.5. The Morgan fingerprint density at radius 1 is 1.37 bits per heavy atom. The fourth-order valence-corrected chi connectivity index (χ4v) is 1.92. The van der Waals surface area contributed by atoms with Crippen LogP contribution in [0.15, 0.2) is 41.1 Å². The number of fused-ring (bicyclic) bond motifs is 1. The molecule has 0 radical (unpaired) electrons. The van der Waals surface area contributed by atoms with Crippen molar-refractivity contribution < 1.29 is 9.21 Å². The van der Waals surface area contributed by atoms with Crippen molar-refractivity contribution in [3.8, 4) is 0 Å². The van der Waals surface area contributed by atoms with Gasteiger partial charge in [-0.05, 0) is 29.8 Å². The molecule has 3 heterocycles. The minimum Gasteiger partial charge on any atom is -0.452 e. The van der Waals surface area contributed by atoms with Crippen LogP contribution in [0, 0.1) is 0 Å². The maximum Gasteiger partial charge on any atom is 0.256 e. The van der Waals surface area contributed by atoms with Gasteiger partial charge in [-0.3, -0.25) is 9.20 Å². The average molecular weight is 277 g/mol. The van der Waals surface area contributed by atoms with Gasteiger partial charge in [-0.25, -0.2) is 0 Å². The molecule has 0 aliphatic carbocycles. The first-order valence-electron chi connectivity index (χ1n) is 5.55. The molecule has 0 fully saturated rings. The third-order valence-corrected chi connectivity index (χ3v) is 2.95. The van der Waals surface area contributed by atoms with Gasteiger partial charge in [-0.1, -0.05) is 6.07 Å². The van der Waals surface area contributed by atoms with Crippen molar-refractivity contribution in [3.63, 3.8) is 0 Å². The first-order valence-corrected chi connectivity index (χ1v) is 5.93. The van der Waals surface area contributed by atoms with Gasteiger partial charge in [0.25, 0.3) is 5.91 Å². The number of aromatic nitrogens is 3. The molecule has 3 aromatic heterocycles. The van der Waals surface area contributed by atoms with Crippen LogP contribution in [0.5, 0.6) is 0 Å². The molecule has 19 heavy (non-hydrogen) atoms. The number of pyridine rings is 1. The van der Waals surface area contributed by atoms with Gasteiger partial charge < -0.3 is 9.73 Å². The van der Waals surface area contributed by atoms with Crippen LogP contribution in [0.3, 0.4) is 0 Å². The Balaban J connectivity index is 1.76. The summed E-state index contributed by atoms with van der Waals surface area (Å²) in [6.45, 7) is 0.255. The van der Waals surface area contributed by atoms with Gasteiger partial charge in [0, 0.05) is 6.20 Å². The van der Waals surface area contributed by atoms with E-state index in [4.69, 9.17) is 16.0 Å². The van der Waals surface area contributed by atoms with E-state index in [1.165, 1.54) is 12.3 Å². The normalized spacial score (nSPS) is 10.8. The van der Waals surface area contributed by atoms with E-state index in [-0.39, 0.29) is 17.7 Å². The van der Waals surface area contributed by atoms with Gasteiger partial charge in [-0.2, -0.15) is 0 Å². The molecule has 0 unspecified atom stereocenters. The lowest BCUT2D eigenvalue weighted by Gasteiger charge is -2.02. The van der Waals surface area contributed by atoms with Crippen molar-refractivity contribution in [1.29, 1.82) is 0 Å². The molecule has 0 saturated carbocycles. The highest BCUT2D eigenvalue weighted by Crippen LogP contribution is 2.16. The molecule has 1 amide bonds. The lowest BCUT2D eigenvalue weighted by molar-refractivity contribution is 0.0949. The summed E-state index contributed by atoms with van der Waals surface area (Å²) < 4.78 is 6.67. The minimum atomic E-state index is -0.313. The molecular weight excluding hydrogens is 268 g/mol. The van der Waals surface area contributed by atoms with E-state index in [2.05, 4.69) is 15.5 Å². The molecule has 1 N–H and O–H groups in total. The van der Waals surface area contributed by atoms with E-state index in [1.54, 1.807) is 4.40 Å². The van der Waals surface area contributed by atoms with Crippen LogP contribution < -0.4 is 5.32 Å². The van der Waals surface area contributed by atoms with E-state index < -0.39 is 0 Å². The molecule has 6 nitrogen and oxygen atoms in total. The summed E-state index contributed by atoms with van der Waals surface area (Å²) in [6, 6.07) is 7.09. The second kappa shape index (κ2) is 4.74. The molecule has 96 valence electrons. The summed E-state index contributed by atoms with van der Waals surface area (Å²) in [6.07, 6.45) is 3.20. The Morgan fingerprint density at radius 2 is 2.26 bits per heavy atom.